The van der Waals surface area contributed by atoms with Gasteiger partial charge in [-0.15, -0.1) is 0 Å². The van der Waals surface area contributed by atoms with Gasteiger partial charge in [-0.3, -0.25) is 9.69 Å². The number of aromatic nitrogens is 3. The molecule has 3 heterocycles. The van der Waals surface area contributed by atoms with Gasteiger partial charge in [0.2, 0.25) is 5.88 Å². The van der Waals surface area contributed by atoms with Crippen LogP contribution in [0.2, 0.25) is 0 Å². The van der Waals surface area contributed by atoms with Crippen LogP contribution in [0.15, 0.2) is 42.7 Å². The number of likely N-dealkylation sites (tertiary alicyclic amines) is 1. The number of hydrogen-bond donors (Lipinski definition) is 1. The summed E-state index contributed by atoms with van der Waals surface area (Å²) in [6, 6.07) is 11.9. The third kappa shape index (κ3) is 3.51. The Bertz CT molecular complexity index is 1220. The molecule has 1 saturated heterocycles. The van der Waals surface area contributed by atoms with E-state index in [9.17, 15) is 9.90 Å². The van der Waals surface area contributed by atoms with Gasteiger partial charge in [-0.05, 0) is 62.2 Å². The van der Waals surface area contributed by atoms with Gasteiger partial charge < -0.3 is 10.0 Å². The number of benzene rings is 1. The summed E-state index contributed by atoms with van der Waals surface area (Å²) in [4.78, 5) is 21.3. The van der Waals surface area contributed by atoms with Crippen LogP contribution in [-0.4, -0.2) is 67.8 Å². The maximum atomic E-state index is 12.7. The van der Waals surface area contributed by atoms with Crippen molar-refractivity contribution < 1.29 is 9.90 Å². The molecule has 1 N–H and O–H groups in total. The van der Waals surface area contributed by atoms with Crippen LogP contribution in [0.3, 0.4) is 0 Å². The Hall–Kier alpha value is -3.70. The first kappa shape index (κ1) is 20.2. The second-order valence-electron chi connectivity index (χ2n) is 8.60. The first-order valence-electron chi connectivity index (χ1n) is 10.7. The van der Waals surface area contributed by atoms with Gasteiger partial charge in [0, 0.05) is 31.4 Å². The Labute approximate surface area is 186 Å². The summed E-state index contributed by atoms with van der Waals surface area (Å²) in [6.07, 6.45) is 5.63. The lowest BCUT2D eigenvalue weighted by atomic mass is 10.0. The van der Waals surface area contributed by atoms with E-state index in [2.05, 4.69) is 28.1 Å². The van der Waals surface area contributed by atoms with Gasteiger partial charge in [0.15, 0.2) is 5.82 Å². The van der Waals surface area contributed by atoms with Crippen LogP contribution in [0, 0.1) is 18.3 Å². The normalized spacial score (nSPS) is 16.1. The zero-order chi connectivity index (χ0) is 22.4. The third-order valence-corrected chi connectivity index (χ3v) is 6.45. The Morgan fingerprint density at radius 1 is 1.16 bits per heavy atom. The molecule has 1 aliphatic heterocycles. The fourth-order valence-corrected chi connectivity index (χ4v) is 4.21. The zero-order valence-electron chi connectivity index (χ0n) is 18.1. The third-order valence-electron chi connectivity index (χ3n) is 6.45. The summed E-state index contributed by atoms with van der Waals surface area (Å²) in [5, 5.41) is 24.1. The molecule has 1 amide bonds. The molecule has 0 atom stereocenters. The van der Waals surface area contributed by atoms with E-state index in [0.717, 1.165) is 24.2 Å². The van der Waals surface area contributed by atoms with Gasteiger partial charge in [0.25, 0.3) is 5.91 Å². The summed E-state index contributed by atoms with van der Waals surface area (Å²) < 4.78 is 1.34. The Kier molecular flexibility index (Phi) is 4.91. The van der Waals surface area contributed by atoms with Gasteiger partial charge in [0.1, 0.15) is 0 Å². The number of aromatic hydroxyl groups is 1. The molecule has 8 heteroatoms. The minimum atomic E-state index is -0.0434. The van der Waals surface area contributed by atoms with E-state index in [1.54, 1.807) is 36.5 Å². The number of nitriles is 1. The highest BCUT2D eigenvalue weighted by Gasteiger charge is 2.39. The van der Waals surface area contributed by atoms with Crippen LogP contribution < -0.4 is 0 Å². The molecule has 32 heavy (non-hydrogen) atoms. The van der Waals surface area contributed by atoms with Gasteiger partial charge in [-0.25, -0.2) is 4.98 Å². The fraction of sp³-hybridized carbons (Fsp3) is 0.333. The molecular formula is C24H24N6O2. The monoisotopic (exact) mass is 428 g/mol. The Morgan fingerprint density at radius 2 is 1.94 bits per heavy atom. The van der Waals surface area contributed by atoms with E-state index < -0.39 is 0 Å². The van der Waals surface area contributed by atoms with Crippen LogP contribution in [0.5, 0.6) is 5.88 Å². The molecule has 1 saturated carbocycles. The highest BCUT2D eigenvalue weighted by Crippen LogP contribution is 2.33. The molecule has 8 nitrogen and oxygen atoms in total. The van der Waals surface area contributed by atoms with Crippen molar-refractivity contribution in [3.8, 4) is 28.9 Å². The average molecular weight is 428 g/mol. The summed E-state index contributed by atoms with van der Waals surface area (Å²) in [6.45, 7) is 3.38. The van der Waals surface area contributed by atoms with Crippen molar-refractivity contribution in [1.82, 2.24) is 24.6 Å². The van der Waals surface area contributed by atoms with Crippen molar-refractivity contribution in [2.45, 2.75) is 31.8 Å². The predicted molar refractivity (Wildman–Crippen MR) is 118 cm³/mol. The second kappa shape index (κ2) is 7.77. The van der Waals surface area contributed by atoms with E-state index in [4.69, 9.17) is 5.26 Å². The maximum absolute atomic E-state index is 12.7. The van der Waals surface area contributed by atoms with Gasteiger partial charge in [0.05, 0.1) is 29.0 Å². The maximum Gasteiger partial charge on any atom is 0.255 e. The Morgan fingerprint density at radius 3 is 2.56 bits per heavy atom. The number of likely N-dealkylation sites (N-methyl/N-ethyl adjacent to an activating group) is 1. The van der Waals surface area contributed by atoms with E-state index in [-0.39, 0.29) is 11.8 Å². The van der Waals surface area contributed by atoms with Crippen LogP contribution in [0.4, 0.5) is 0 Å². The molecule has 2 fully saturated rings. The van der Waals surface area contributed by atoms with E-state index in [1.807, 2.05) is 11.8 Å². The molecule has 162 valence electrons. The van der Waals surface area contributed by atoms with Gasteiger partial charge >= 0.3 is 0 Å². The molecule has 1 aliphatic carbocycles. The molecule has 0 spiro atoms. The van der Waals surface area contributed by atoms with Crippen molar-refractivity contribution in [3.63, 3.8) is 0 Å². The first-order chi connectivity index (χ1) is 15.5. The van der Waals surface area contributed by atoms with Gasteiger partial charge in [-0.2, -0.15) is 15.0 Å². The lowest BCUT2D eigenvalue weighted by Crippen LogP contribution is -2.60. The van der Waals surface area contributed by atoms with Crippen molar-refractivity contribution in [2.75, 3.05) is 20.1 Å². The van der Waals surface area contributed by atoms with Gasteiger partial charge in [-0.1, -0.05) is 6.07 Å². The quantitative estimate of drug-likeness (QED) is 0.671. The van der Waals surface area contributed by atoms with E-state index in [0.29, 0.717) is 34.6 Å². The number of aryl methyl sites for hydroxylation is 1. The number of hydrogen-bond acceptors (Lipinski definition) is 6. The first-order valence-corrected chi connectivity index (χ1v) is 10.7. The van der Waals surface area contributed by atoms with Crippen molar-refractivity contribution in [2.24, 2.45) is 0 Å². The Balaban J connectivity index is 1.31. The van der Waals surface area contributed by atoms with E-state index >= 15 is 0 Å². The highest BCUT2D eigenvalue weighted by atomic mass is 16.3. The number of pyridine rings is 1. The van der Waals surface area contributed by atoms with Crippen molar-refractivity contribution in [3.05, 3.63) is 59.4 Å². The molecule has 1 aromatic carbocycles. The fourth-order valence-electron chi connectivity index (χ4n) is 4.21. The summed E-state index contributed by atoms with van der Waals surface area (Å²) in [5.74, 6) is 0.354. The number of amides is 1. The molecule has 5 rings (SSSR count). The molecule has 2 aromatic heterocycles. The van der Waals surface area contributed by atoms with Crippen molar-refractivity contribution in [1.29, 1.82) is 5.26 Å². The molecule has 0 radical (unpaired) electrons. The second-order valence-corrected chi connectivity index (χ2v) is 8.60. The number of rotatable bonds is 5. The predicted octanol–water partition coefficient (Wildman–Crippen LogP) is 2.74. The zero-order valence-corrected chi connectivity index (χ0v) is 18.1. The summed E-state index contributed by atoms with van der Waals surface area (Å²) in [7, 11) is 2.14. The smallest absolute Gasteiger partial charge is 0.255 e. The largest absolute Gasteiger partial charge is 0.493 e. The molecule has 0 unspecified atom stereocenters. The molecule has 2 aliphatic rings. The topological polar surface area (TPSA) is 98.3 Å². The van der Waals surface area contributed by atoms with Crippen LogP contribution in [0.1, 0.15) is 34.3 Å². The number of carbonyl (C=O) groups is 1. The SMILES string of the molecule is Cc1cc(C#N)ccc1-c1cnn(-c2ccc(C(=O)N3CC(N(C)C4CC4)C3)cn2)c1O. The lowest BCUT2D eigenvalue weighted by Gasteiger charge is -2.44. The summed E-state index contributed by atoms with van der Waals surface area (Å²) >= 11 is 0. The standard InChI is InChI=1S/C24H24N6O2/c1-15-9-16(10-25)3-7-20(15)21-12-27-30(24(21)32)22-8-4-17(11-26-22)23(31)29-13-19(14-29)28(2)18-5-6-18/h3-4,7-9,11-12,18-19,32H,5-6,13-14H2,1-2H3. The number of nitrogens with zero attached hydrogens (tertiary/aromatic N) is 6. The molecular weight excluding hydrogens is 404 g/mol. The van der Waals surface area contributed by atoms with Crippen LogP contribution >= 0.6 is 0 Å². The number of carbonyl (C=O) groups excluding carboxylic acids is 1. The minimum absolute atomic E-state index is 0.0249. The van der Waals surface area contributed by atoms with Crippen molar-refractivity contribution >= 4 is 5.91 Å². The van der Waals surface area contributed by atoms with Crippen LogP contribution in [0.25, 0.3) is 16.9 Å². The lowest BCUT2D eigenvalue weighted by molar-refractivity contribution is 0.0319. The molecule has 3 aromatic rings. The average Bonchev–Trinajstić information content (AvgIpc) is 3.55. The minimum Gasteiger partial charge on any atom is -0.493 e. The van der Waals surface area contributed by atoms with Crippen LogP contribution in [-0.2, 0) is 0 Å². The summed E-state index contributed by atoms with van der Waals surface area (Å²) in [5.41, 5.74) is 3.31. The molecule has 0 bridgehead atoms. The highest BCUT2D eigenvalue weighted by molar-refractivity contribution is 5.94. The van der Waals surface area contributed by atoms with E-state index in [1.165, 1.54) is 23.7 Å².